The zero-order valence-electron chi connectivity index (χ0n) is 10.6. The minimum Gasteiger partial charge on any atom is -0.475 e. The summed E-state index contributed by atoms with van der Waals surface area (Å²) < 4.78 is 5.04. The molecule has 2 amide bonds. The lowest BCUT2D eigenvalue weighted by molar-refractivity contribution is 0.0660. The molecule has 1 heterocycles. The van der Waals surface area contributed by atoms with Gasteiger partial charge in [-0.05, 0) is 25.0 Å². The molecule has 6 heteroatoms. The number of hydrogen-bond donors (Lipinski definition) is 3. The molecule has 1 aliphatic carbocycles. The van der Waals surface area contributed by atoms with Gasteiger partial charge in [0.25, 0.3) is 0 Å². The number of furan rings is 1. The minimum absolute atomic E-state index is 0.121. The average Bonchev–Trinajstić information content (AvgIpc) is 2.86. The maximum Gasteiger partial charge on any atom is 0.371 e. The van der Waals surface area contributed by atoms with Crippen LogP contribution in [-0.4, -0.2) is 23.1 Å². The zero-order chi connectivity index (χ0) is 13.7. The second kappa shape index (κ2) is 6.26. The van der Waals surface area contributed by atoms with Crippen LogP contribution in [0, 0.1) is 0 Å². The molecule has 0 spiro atoms. The number of amides is 2. The number of rotatable bonds is 4. The molecule has 0 aliphatic heterocycles. The van der Waals surface area contributed by atoms with Crippen molar-refractivity contribution in [1.82, 2.24) is 10.6 Å². The first-order valence-corrected chi connectivity index (χ1v) is 6.51. The molecule has 1 aromatic rings. The molecule has 6 nitrogen and oxygen atoms in total. The van der Waals surface area contributed by atoms with Crippen LogP contribution in [0.2, 0.25) is 0 Å². The van der Waals surface area contributed by atoms with Crippen molar-refractivity contribution in [2.75, 3.05) is 0 Å². The van der Waals surface area contributed by atoms with Gasteiger partial charge in [0.05, 0.1) is 6.54 Å². The summed E-state index contributed by atoms with van der Waals surface area (Å²) in [6, 6.07) is 2.93. The summed E-state index contributed by atoms with van der Waals surface area (Å²) in [5.41, 5.74) is 0. The van der Waals surface area contributed by atoms with Crippen molar-refractivity contribution >= 4 is 12.0 Å². The van der Waals surface area contributed by atoms with Crippen molar-refractivity contribution < 1.29 is 19.1 Å². The minimum atomic E-state index is -1.11. The van der Waals surface area contributed by atoms with E-state index in [4.69, 9.17) is 9.52 Å². The van der Waals surface area contributed by atoms with Crippen LogP contribution in [0.25, 0.3) is 0 Å². The van der Waals surface area contributed by atoms with E-state index in [1.165, 1.54) is 12.5 Å². The predicted molar refractivity (Wildman–Crippen MR) is 67.9 cm³/mol. The predicted octanol–water partition coefficient (Wildman–Crippen LogP) is 2.11. The highest BCUT2D eigenvalue weighted by atomic mass is 16.4. The first-order chi connectivity index (χ1) is 9.15. The Kier molecular flexibility index (Phi) is 4.43. The number of carboxylic acid groups (broad SMARTS) is 1. The quantitative estimate of drug-likeness (QED) is 0.778. The lowest BCUT2D eigenvalue weighted by Crippen LogP contribution is -2.42. The Morgan fingerprint density at radius 2 is 2.00 bits per heavy atom. The number of hydrogen-bond acceptors (Lipinski definition) is 3. The fraction of sp³-hybridized carbons (Fsp3) is 0.538. The topological polar surface area (TPSA) is 91.6 Å². The third-order valence-electron chi connectivity index (χ3n) is 3.24. The van der Waals surface area contributed by atoms with Gasteiger partial charge in [0, 0.05) is 6.04 Å². The van der Waals surface area contributed by atoms with Crippen LogP contribution in [-0.2, 0) is 6.54 Å². The Balaban J connectivity index is 1.74. The third kappa shape index (κ3) is 4.01. The van der Waals surface area contributed by atoms with Gasteiger partial charge in [0.2, 0.25) is 5.76 Å². The first-order valence-electron chi connectivity index (χ1n) is 6.51. The van der Waals surface area contributed by atoms with Crippen LogP contribution >= 0.6 is 0 Å². The largest absolute Gasteiger partial charge is 0.475 e. The highest BCUT2D eigenvalue weighted by Crippen LogP contribution is 2.17. The third-order valence-corrected chi connectivity index (χ3v) is 3.24. The van der Waals surface area contributed by atoms with E-state index in [9.17, 15) is 9.59 Å². The summed E-state index contributed by atoms with van der Waals surface area (Å²) in [4.78, 5) is 22.3. The fourth-order valence-electron chi connectivity index (χ4n) is 2.24. The van der Waals surface area contributed by atoms with Gasteiger partial charge < -0.3 is 20.2 Å². The summed E-state index contributed by atoms with van der Waals surface area (Å²) in [7, 11) is 0. The number of carbonyl (C=O) groups excluding carboxylic acids is 1. The van der Waals surface area contributed by atoms with Crippen LogP contribution in [0.15, 0.2) is 16.5 Å². The van der Waals surface area contributed by atoms with Crippen molar-refractivity contribution in [3.8, 4) is 0 Å². The van der Waals surface area contributed by atoms with Crippen molar-refractivity contribution in [2.45, 2.75) is 44.7 Å². The van der Waals surface area contributed by atoms with Crippen LogP contribution < -0.4 is 10.6 Å². The summed E-state index contributed by atoms with van der Waals surface area (Å²) in [6.45, 7) is 0.186. The van der Waals surface area contributed by atoms with Gasteiger partial charge in [-0.15, -0.1) is 0 Å². The summed E-state index contributed by atoms with van der Waals surface area (Å²) in [6.07, 6.45) is 5.61. The average molecular weight is 266 g/mol. The second-order valence-electron chi connectivity index (χ2n) is 4.73. The molecule has 1 saturated carbocycles. The monoisotopic (exact) mass is 266 g/mol. The molecule has 0 atom stereocenters. The summed E-state index contributed by atoms with van der Waals surface area (Å²) in [5.74, 6) is -0.807. The maximum atomic E-state index is 11.6. The fourth-order valence-corrected chi connectivity index (χ4v) is 2.24. The van der Waals surface area contributed by atoms with E-state index in [0.717, 1.165) is 25.7 Å². The van der Waals surface area contributed by atoms with Crippen LogP contribution in [0.3, 0.4) is 0 Å². The number of carbonyl (C=O) groups is 2. The SMILES string of the molecule is O=C(NCc1ccc(C(=O)O)o1)NC1CCCCC1. The zero-order valence-corrected chi connectivity index (χ0v) is 10.6. The van der Waals surface area contributed by atoms with Gasteiger partial charge in [-0.2, -0.15) is 0 Å². The van der Waals surface area contributed by atoms with Gasteiger partial charge in [-0.3, -0.25) is 0 Å². The standard InChI is InChI=1S/C13H18N2O4/c16-12(17)11-7-6-10(19-11)8-14-13(18)15-9-4-2-1-3-5-9/h6-7,9H,1-5,8H2,(H,16,17)(H2,14,15,18). The normalized spacial score (nSPS) is 16.0. The highest BCUT2D eigenvalue weighted by molar-refractivity contribution is 5.84. The number of urea groups is 1. The Bertz CT molecular complexity index is 449. The summed E-state index contributed by atoms with van der Waals surface area (Å²) >= 11 is 0. The van der Waals surface area contributed by atoms with E-state index in [0.29, 0.717) is 5.76 Å². The van der Waals surface area contributed by atoms with Gasteiger partial charge in [0.1, 0.15) is 5.76 Å². The van der Waals surface area contributed by atoms with Crippen molar-refractivity contribution in [1.29, 1.82) is 0 Å². The lowest BCUT2D eigenvalue weighted by Gasteiger charge is -2.22. The molecule has 0 radical (unpaired) electrons. The molecule has 104 valence electrons. The van der Waals surface area contributed by atoms with E-state index < -0.39 is 5.97 Å². The molecular formula is C13H18N2O4. The molecule has 19 heavy (non-hydrogen) atoms. The van der Waals surface area contributed by atoms with Gasteiger partial charge in [-0.25, -0.2) is 9.59 Å². The highest BCUT2D eigenvalue weighted by Gasteiger charge is 2.15. The van der Waals surface area contributed by atoms with E-state index in [-0.39, 0.29) is 24.4 Å². The first kappa shape index (κ1) is 13.5. The molecule has 0 bridgehead atoms. The van der Waals surface area contributed by atoms with Gasteiger partial charge in [-0.1, -0.05) is 19.3 Å². The van der Waals surface area contributed by atoms with E-state index in [1.54, 1.807) is 6.07 Å². The number of nitrogens with one attached hydrogen (secondary N) is 2. The lowest BCUT2D eigenvalue weighted by atomic mass is 9.96. The van der Waals surface area contributed by atoms with Gasteiger partial charge >= 0.3 is 12.0 Å². The van der Waals surface area contributed by atoms with Crippen LogP contribution in [0.4, 0.5) is 4.79 Å². The molecule has 0 saturated heterocycles. The smallest absolute Gasteiger partial charge is 0.371 e. The second-order valence-corrected chi connectivity index (χ2v) is 4.73. The van der Waals surface area contributed by atoms with Crippen molar-refractivity contribution in [3.63, 3.8) is 0 Å². The van der Waals surface area contributed by atoms with Gasteiger partial charge in [0.15, 0.2) is 0 Å². The molecule has 2 rings (SSSR count). The van der Waals surface area contributed by atoms with Crippen molar-refractivity contribution in [3.05, 3.63) is 23.7 Å². The van der Waals surface area contributed by atoms with E-state index in [2.05, 4.69) is 10.6 Å². The summed E-state index contributed by atoms with van der Waals surface area (Å²) in [5, 5.41) is 14.3. The molecule has 3 N–H and O–H groups in total. The Hall–Kier alpha value is -1.98. The molecular weight excluding hydrogens is 248 g/mol. The Morgan fingerprint density at radius 3 is 2.63 bits per heavy atom. The van der Waals surface area contributed by atoms with Crippen molar-refractivity contribution in [2.24, 2.45) is 0 Å². The Morgan fingerprint density at radius 1 is 1.26 bits per heavy atom. The molecule has 1 fully saturated rings. The maximum absolute atomic E-state index is 11.6. The molecule has 0 unspecified atom stereocenters. The Labute approximate surface area is 111 Å². The molecule has 0 aromatic carbocycles. The molecule has 1 aromatic heterocycles. The van der Waals surface area contributed by atoms with E-state index in [1.807, 2.05) is 0 Å². The van der Waals surface area contributed by atoms with E-state index >= 15 is 0 Å². The molecule has 1 aliphatic rings. The number of aromatic carboxylic acids is 1. The van der Waals surface area contributed by atoms with Crippen LogP contribution in [0.5, 0.6) is 0 Å². The van der Waals surface area contributed by atoms with Crippen LogP contribution in [0.1, 0.15) is 48.4 Å². The number of carboxylic acids is 1.